The minimum Gasteiger partial charge on any atom is -0.0942 e. The lowest BCUT2D eigenvalue weighted by atomic mass is 9.94. The van der Waals surface area contributed by atoms with E-state index in [9.17, 15) is 0 Å². The Bertz CT molecular complexity index is 116. The van der Waals surface area contributed by atoms with Crippen molar-refractivity contribution in [3.63, 3.8) is 0 Å². The molecule has 0 bridgehead atoms. The van der Waals surface area contributed by atoms with Crippen molar-refractivity contribution in [1.29, 1.82) is 0 Å². The lowest BCUT2D eigenvalue weighted by molar-refractivity contribution is 0.402. The van der Waals surface area contributed by atoms with Crippen molar-refractivity contribution in [1.82, 2.24) is 0 Å². The van der Waals surface area contributed by atoms with Crippen molar-refractivity contribution in [2.45, 2.75) is 59.8 Å². The van der Waals surface area contributed by atoms with E-state index in [4.69, 9.17) is 0 Å². The van der Waals surface area contributed by atoms with E-state index in [0.29, 0.717) is 5.41 Å². The third kappa shape index (κ3) is 12.7. The molecule has 0 amide bonds. The summed E-state index contributed by atoms with van der Waals surface area (Å²) in [5, 5.41) is 0. The zero-order chi connectivity index (χ0) is 10.9. The maximum atomic E-state index is 2.32. The lowest BCUT2D eigenvalue weighted by Crippen LogP contribution is -2.05. The first-order valence-corrected chi connectivity index (χ1v) is 8.29. The van der Waals surface area contributed by atoms with Crippen molar-refractivity contribution in [2.24, 2.45) is 5.41 Å². The third-order valence-corrected chi connectivity index (χ3v) is 4.59. The Labute approximate surface area is 98.4 Å². The van der Waals surface area contributed by atoms with E-state index in [1.807, 2.05) is 0 Å². The van der Waals surface area contributed by atoms with Crippen molar-refractivity contribution in [2.75, 3.05) is 11.5 Å². The molecule has 0 rings (SSSR count). The van der Waals surface area contributed by atoms with Crippen molar-refractivity contribution >= 4 is 21.6 Å². The van der Waals surface area contributed by atoms with Crippen LogP contribution in [0.1, 0.15) is 59.8 Å². The predicted octanol–water partition coefficient (Wildman–Crippen LogP) is 5.38. The van der Waals surface area contributed by atoms with Gasteiger partial charge in [-0.25, -0.2) is 0 Å². The molecule has 0 nitrogen and oxygen atoms in total. The van der Waals surface area contributed by atoms with Crippen LogP contribution in [0.25, 0.3) is 0 Å². The minimum atomic E-state index is 0.510. The Kier molecular flexibility index (Phi) is 9.41. The molecular weight excluding hydrogens is 208 g/mol. The van der Waals surface area contributed by atoms with Gasteiger partial charge in [-0.2, -0.15) is 0 Å². The fourth-order valence-electron chi connectivity index (χ4n) is 1.05. The van der Waals surface area contributed by atoms with Crippen LogP contribution < -0.4 is 0 Å². The van der Waals surface area contributed by atoms with Gasteiger partial charge in [0, 0.05) is 11.5 Å². The normalized spacial score (nSPS) is 12.0. The molecule has 0 saturated carbocycles. The molecule has 0 aliphatic heterocycles. The van der Waals surface area contributed by atoms with Gasteiger partial charge in [0.25, 0.3) is 0 Å². The van der Waals surface area contributed by atoms with Gasteiger partial charge in [0.1, 0.15) is 0 Å². The predicted molar refractivity (Wildman–Crippen MR) is 73.1 cm³/mol. The van der Waals surface area contributed by atoms with Crippen LogP contribution in [0.4, 0.5) is 0 Å². The molecular formula is C12H26S2. The summed E-state index contributed by atoms with van der Waals surface area (Å²) in [6, 6.07) is 0. The second kappa shape index (κ2) is 8.96. The molecule has 0 aromatic carbocycles. The van der Waals surface area contributed by atoms with Gasteiger partial charge in [0.2, 0.25) is 0 Å². The summed E-state index contributed by atoms with van der Waals surface area (Å²) in [7, 11) is 4.12. The largest absolute Gasteiger partial charge is 0.0942 e. The van der Waals surface area contributed by atoms with Crippen LogP contribution >= 0.6 is 21.6 Å². The standard InChI is InChI=1S/C12H26S2/c1-5-6-7-8-10-13-14-11-9-12(2,3)4/h5-11H2,1-4H3. The topological polar surface area (TPSA) is 0 Å². The zero-order valence-corrected chi connectivity index (χ0v) is 11.9. The highest BCUT2D eigenvalue weighted by atomic mass is 33.1. The molecule has 0 heterocycles. The number of rotatable bonds is 8. The average Bonchev–Trinajstić information content (AvgIpc) is 2.08. The Morgan fingerprint density at radius 1 is 0.857 bits per heavy atom. The maximum absolute atomic E-state index is 2.32. The first-order chi connectivity index (χ1) is 6.56. The number of unbranched alkanes of at least 4 members (excludes halogenated alkanes) is 3. The van der Waals surface area contributed by atoms with Gasteiger partial charge in [0.05, 0.1) is 0 Å². The number of hydrogen-bond acceptors (Lipinski definition) is 2. The van der Waals surface area contributed by atoms with Crippen LogP contribution in [0.15, 0.2) is 0 Å². The summed E-state index contributed by atoms with van der Waals surface area (Å²) in [5.74, 6) is 2.65. The highest BCUT2D eigenvalue weighted by Crippen LogP contribution is 2.28. The molecule has 0 aliphatic rings. The van der Waals surface area contributed by atoms with Gasteiger partial charge in [-0.05, 0) is 18.3 Å². The molecule has 0 aromatic rings. The second-order valence-corrected chi connectivity index (χ2v) is 7.72. The van der Waals surface area contributed by atoms with Crippen LogP contribution in [0.5, 0.6) is 0 Å². The van der Waals surface area contributed by atoms with Gasteiger partial charge < -0.3 is 0 Å². The van der Waals surface area contributed by atoms with Crippen LogP contribution in [0.3, 0.4) is 0 Å². The fourth-order valence-corrected chi connectivity index (χ4v) is 3.62. The van der Waals surface area contributed by atoms with E-state index in [1.54, 1.807) is 0 Å². The smallest absolute Gasteiger partial charge is 0.00419 e. The summed E-state index contributed by atoms with van der Waals surface area (Å²) in [6.07, 6.45) is 6.92. The monoisotopic (exact) mass is 234 g/mol. The quantitative estimate of drug-likeness (QED) is 0.408. The van der Waals surface area contributed by atoms with Gasteiger partial charge in [0.15, 0.2) is 0 Å². The minimum absolute atomic E-state index is 0.510. The molecule has 0 radical (unpaired) electrons. The van der Waals surface area contributed by atoms with Crippen LogP contribution in [-0.2, 0) is 0 Å². The van der Waals surface area contributed by atoms with Gasteiger partial charge in [-0.1, -0.05) is 68.5 Å². The Morgan fingerprint density at radius 2 is 1.50 bits per heavy atom. The first-order valence-electron chi connectivity index (χ1n) is 5.80. The zero-order valence-electron chi connectivity index (χ0n) is 10.3. The van der Waals surface area contributed by atoms with E-state index in [2.05, 4.69) is 49.3 Å². The molecule has 2 heteroatoms. The molecule has 0 N–H and O–H groups in total. The highest BCUT2D eigenvalue weighted by molar-refractivity contribution is 8.76. The Hall–Kier alpha value is 0.700. The van der Waals surface area contributed by atoms with Crippen molar-refractivity contribution in [3.8, 4) is 0 Å². The molecule has 0 fully saturated rings. The van der Waals surface area contributed by atoms with E-state index in [0.717, 1.165) is 0 Å². The SMILES string of the molecule is CCCCCCSSCCC(C)(C)C. The molecule has 0 aliphatic carbocycles. The molecule has 0 unspecified atom stereocenters. The van der Waals surface area contributed by atoms with E-state index >= 15 is 0 Å². The molecule has 0 spiro atoms. The van der Waals surface area contributed by atoms with E-state index in [1.165, 1.54) is 43.6 Å². The van der Waals surface area contributed by atoms with Crippen LogP contribution in [-0.4, -0.2) is 11.5 Å². The van der Waals surface area contributed by atoms with E-state index in [-0.39, 0.29) is 0 Å². The Balaban J connectivity index is 2.99. The Morgan fingerprint density at radius 3 is 2.07 bits per heavy atom. The highest BCUT2D eigenvalue weighted by Gasteiger charge is 2.08. The van der Waals surface area contributed by atoms with Crippen LogP contribution in [0, 0.1) is 5.41 Å². The number of hydrogen-bond donors (Lipinski definition) is 0. The van der Waals surface area contributed by atoms with Crippen LogP contribution in [0.2, 0.25) is 0 Å². The van der Waals surface area contributed by atoms with E-state index < -0.39 is 0 Å². The lowest BCUT2D eigenvalue weighted by Gasteiger charge is -2.16. The summed E-state index contributed by atoms with van der Waals surface area (Å²) in [4.78, 5) is 0. The maximum Gasteiger partial charge on any atom is 0.00419 e. The summed E-state index contributed by atoms with van der Waals surface area (Å²) in [6.45, 7) is 9.23. The van der Waals surface area contributed by atoms with Crippen molar-refractivity contribution < 1.29 is 0 Å². The first kappa shape index (κ1) is 14.7. The molecule has 0 saturated heterocycles. The molecule has 0 aromatic heterocycles. The molecule has 0 atom stereocenters. The fraction of sp³-hybridized carbons (Fsp3) is 1.00. The van der Waals surface area contributed by atoms with Gasteiger partial charge >= 0.3 is 0 Å². The molecule has 14 heavy (non-hydrogen) atoms. The van der Waals surface area contributed by atoms with Gasteiger partial charge in [-0.3, -0.25) is 0 Å². The molecule has 86 valence electrons. The van der Waals surface area contributed by atoms with Gasteiger partial charge in [-0.15, -0.1) is 0 Å². The van der Waals surface area contributed by atoms with Crippen molar-refractivity contribution in [3.05, 3.63) is 0 Å². The summed E-state index contributed by atoms with van der Waals surface area (Å²) < 4.78 is 0. The second-order valence-electron chi connectivity index (χ2n) is 5.02. The average molecular weight is 234 g/mol. The summed E-state index contributed by atoms with van der Waals surface area (Å²) in [5.41, 5.74) is 0.510. The summed E-state index contributed by atoms with van der Waals surface area (Å²) >= 11 is 0. The third-order valence-electron chi connectivity index (χ3n) is 2.10.